The summed E-state index contributed by atoms with van der Waals surface area (Å²) in [6.07, 6.45) is 1.12. The number of aromatic carboxylic acids is 1. The number of hydrogen-bond acceptors (Lipinski definition) is 4. The normalized spacial score (nSPS) is 11.1. The molecule has 1 N–H and O–H groups in total. The number of sulfone groups is 1. The number of carboxylic acid groups (broad SMARTS) is 1. The average Bonchev–Trinajstić information content (AvgIpc) is 2.16. The molecule has 0 fully saturated rings. The predicted molar refractivity (Wildman–Crippen MR) is 58.6 cm³/mol. The van der Waals surface area contributed by atoms with E-state index in [1.54, 1.807) is 12.1 Å². The summed E-state index contributed by atoms with van der Waals surface area (Å²) in [5.74, 6) is -0.790. The van der Waals surface area contributed by atoms with Crippen molar-refractivity contribution in [1.82, 2.24) is 0 Å². The van der Waals surface area contributed by atoms with Gasteiger partial charge < -0.3 is 9.84 Å². The summed E-state index contributed by atoms with van der Waals surface area (Å²) in [4.78, 5) is 10.6. The molecule has 1 rings (SSSR count). The van der Waals surface area contributed by atoms with Crippen molar-refractivity contribution in [3.05, 3.63) is 29.8 Å². The van der Waals surface area contributed by atoms with E-state index in [-0.39, 0.29) is 17.9 Å². The van der Waals surface area contributed by atoms with Crippen LogP contribution in [0.5, 0.6) is 5.75 Å². The van der Waals surface area contributed by atoms with Gasteiger partial charge in [0.05, 0.1) is 11.3 Å². The third-order valence-electron chi connectivity index (χ3n) is 1.80. The lowest BCUT2D eigenvalue weighted by Gasteiger charge is -2.05. The highest BCUT2D eigenvalue weighted by Crippen LogP contribution is 2.13. The molecule has 0 amide bonds. The van der Waals surface area contributed by atoms with Crippen LogP contribution in [0.3, 0.4) is 0 Å². The molecule has 5 nitrogen and oxygen atoms in total. The quantitative estimate of drug-likeness (QED) is 0.828. The van der Waals surface area contributed by atoms with Crippen LogP contribution in [-0.4, -0.2) is 38.1 Å². The molecule has 0 atom stereocenters. The Kier molecular flexibility index (Phi) is 3.89. The lowest BCUT2D eigenvalue weighted by molar-refractivity contribution is 0.0696. The minimum Gasteiger partial charge on any atom is -0.493 e. The lowest BCUT2D eigenvalue weighted by Crippen LogP contribution is -2.12. The van der Waals surface area contributed by atoms with E-state index in [1.165, 1.54) is 12.1 Å². The summed E-state index contributed by atoms with van der Waals surface area (Å²) in [5, 5.41) is 8.71. The summed E-state index contributed by atoms with van der Waals surface area (Å²) in [6.45, 7) is 0.0158. The second kappa shape index (κ2) is 4.98. The van der Waals surface area contributed by atoms with Crippen LogP contribution < -0.4 is 4.74 Å². The van der Waals surface area contributed by atoms with Crippen LogP contribution in [0.1, 0.15) is 10.4 Å². The van der Waals surface area contributed by atoms with E-state index < -0.39 is 15.8 Å². The molecule has 0 spiro atoms. The Labute approximate surface area is 93.6 Å². The number of carboxylic acids is 1. The van der Waals surface area contributed by atoms with Crippen molar-refractivity contribution in [1.29, 1.82) is 0 Å². The molecule has 6 heteroatoms. The van der Waals surface area contributed by atoms with Crippen LogP contribution in [0.4, 0.5) is 0 Å². The van der Waals surface area contributed by atoms with E-state index in [4.69, 9.17) is 9.84 Å². The average molecular weight is 244 g/mol. The van der Waals surface area contributed by atoms with Crippen molar-refractivity contribution < 1.29 is 23.1 Å². The lowest BCUT2D eigenvalue weighted by atomic mass is 10.2. The minimum atomic E-state index is -3.06. The summed E-state index contributed by atoms with van der Waals surface area (Å²) in [6, 6.07) is 5.91. The second-order valence-electron chi connectivity index (χ2n) is 3.31. The zero-order valence-electron chi connectivity index (χ0n) is 8.71. The molecular formula is C10H12O5S. The third kappa shape index (κ3) is 4.31. The van der Waals surface area contributed by atoms with Crippen LogP contribution in [0.2, 0.25) is 0 Å². The van der Waals surface area contributed by atoms with Crippen LogP contribution >= 0.6 is 0 Å². The molecule has 1 aromatic rings. The molecule has 0 unspecified atom stereocenters. The van der Waals surface area contributed by atoms with Crippen molar-refractivity contribution in [3.63, 3.8) is 0 Å². The largest absolute Gasteiger partial charge is 0.493 e. The van der Waals surface area contributed by atoms with Gasteiger partial charge in [-0.05, 0) is 18.2 Å². The van der Waals surface area contributed by atoms with E-state index >= 15 is 0 Å². The van der Waals surface area contributed by atoms with Gasteiger partial charge in [0.1, 0.15) is 12.4 Å². The molecular weight excluding hydrogens is 232 g/mol. The highest BCUT2D eigenvalue weighted by Gasteiger charge is 2.05. The first-order valence-corrected chi connectivity index (χ1v) is 6.58. The maximum absolute atomic E-state index is 10.8. The van der Waals surface area contributed by atoms with Crippen LogP contribution in [0.15, 0.2) is 24.3 Å². The van der Waals surface area contributed by atoms with Crippen molar-refractivity contribution in [2.45, 2.75) is 0 Å². The highest BCUT2D eigenvalue weighted by atomic mass is 32.2. The van der Waals surface area contributed by atoms with Gasteiger partial charge in [0, 0.05) is 6.26 Å². The fourth-order valence-electron chi connectivity index (χ4n) is 1.03. The van der Waals surface area contributed by atoms with Gasteiger partial charge in [-0.25, -0.2) is 13.2 Å². The van der Waals surface area contributed by atoms with E-state index in [9.17, 15) is 13.2 Å². The molecule has 0 aromatic heterocycles. The van der Waals surface area contributed by atoms with Crippen LogP contribution in [-0.2, 0) is 9.84 Å². The Morgan fingerprint density at radius 2 is 2.12 bits per heavy atom. The molecule has 0 aliphatic heterocycles. The number of hydrogen-bond donors (Lipinski definition) is 1. The maximum Gasteiger partial charge on any atom is 0.335 e. The Hall–Kier alpha value is -1.56. The molecule has 1 aromatic carbocycles. The molecule has 0 aliphatic rings. The minimum absolute atomic E-state index is 0.0158. The van der Waals surface area contributed by atoms with Crippen LogP contribution in [0, 0.1) is 0 Å². The van der Waals surface area contributed by atoms with Gasteiger partial charge >= 0.3 is 5.97 Å². The SMILES string of the molecule is CS(=O)(=O)CCOc1cccc(C(=O)O)c1. The fraction of sp³-hybridized carbons (Fsp3) is 0.300. The first-order chi connectivity index (χ1) is 7.38. The van der Waals surface area contributed by atoms with E-state index in [1.807, 2.05) is 0 Å². The summed E-state index contributed by atoms with van der Waals surface area (Å²) < 4.78 is 26.8. The van der Waals surface area contributed by atoms with Gasteiger partial charge in [-0.1, -0.05) is 6.07 Å². The fourth-order valence-corrected chi connectivity index (χ4v) is 1.42. The molecule has 0 aliphatic carbocycles. The zero-order chi connectivity index (χ0) is 12.2. The third-order valence-corrected chi connectivity index (χ3v) is 2.71. The van der Waals surface area contributed by atoms with Gasteiger partial charge in [0.25, 0.3) is 0 Å². The topological polar surface area (TPSA) is 80.7 Å². The number of ether oxygens (including phenoxy) is 1. The number of benzene rings is 1. The van der Waals surface area contributed by atoms with Gasteiger partial charge in [0.2, 0.25) is 0 Å². The predicted octanol–water partition coefficient (Wildman–Crippen LogP) is 0.808. The molecule has 16 heavy (non-hydrogen) atoms. The van der Waals surface area contributed by atoms with Crippen LogP contribution in [0.25, 0.3) is 0 Å². The Bertz CT molecular complexity index is 478. The molecule has 88 valence electrons. The van der Waals surface area contributed by atoms with Crippen molar-refractivity contribution in [2.24, 2.45) is 0 Å². The molecule has 0 heterocycles. The maximum atomic E-state index is 10.8. The first kappa shape index (κ1) is 12.5. The molecule has 0 saturated heterocycles. The highest BCUT2D eigenvalue weighted by molar-refractivity contribution is 7.90. The molecule has 0 bridgehead atoms. The number of rotatable bonds is 5. The van der Waals surface area contributed by atoms with E-state index in [2.05, 4.69) is 0 Å². The van der Waals surface area contributed by atoms with Gasteiger partial charge in [-0.2, -0.15) is 0 Å². The Morgan fingerprint density at radius 1 is 1.44 bits per heavy atom. The second-order valence-corrected chi connectivity index (χ2v) is 5.57. The smallest absolute Gasteiger partial charge is 0.335 e. The summed E-state index contributed by atoms with van der Waals surface area (Å²) in [7, 11) is -3.06. The monoisotopic (exact) mass is 244 g/mol. The standard InChI is InChI=1S/C10H12O5S/c1-16(13,14)6-5-15-9-4-2-3-8(7-9)10(11)12/h2-4,7H,5-6H2,1H3,(H,11,12). The summed E-state index contributed by atoms with van der Waals surface area (Å²) in [5.41, 5.74) is 0.108. The van der Waals surface area contributed by atoms with Crippen molar-refractivity contribution in [3.8, 4) is 5.75 Å². The van der Waals surface area contributed by atoms with Crippen molar-refractivity contribution >= 4 is 15.8 Å². The molecule has 0 radical (unpaired) electrons. The first-order valence-electron chi connectivity index (χ1n) is 4.52. The van der Waals surface area contributed by atoms with E-state index in [0.717, 1.165) is 6.26 Å². The Morgan fingerprint density at radius 3 is 2.69 bits per heavy atom. The number of carbonyl (C=O) groups is 1. The van der Waals surface area contributed by atoms with Gasteiger partial charge in [0.15, 0.2) is 9.84 Å². The zero-order valence-corrected chi connectivity index (χ0v) is 9.53. The Balaban J connectivity index is 2.61. The molecule has 0 saturated carbocycles. The van der Waals surface area contributed by atoms with E-state index in [0.29, 0.717) is 5.75 Å². The van der Waals surface area contributed by atoms with Gasteiger partial charge in [-0.3, -0.25) is 0 Å². The summed E-state index contributed by atoms with van der Waals surface area (Å²) >= 11 is 0. The van der Waals surface area contributed by atoms with Crippen molar-refractivity contribution in [2.75, 3.05) is 18.6 Å². The van der Waals surface area contributed by atoms with Gasteiger partial charge in [-0.15, -0.1) is 0 Å².